The zero-order chi connectivity index (χ0) is 41.0. The number of carbonyl (C=O) groups is 1. The fourth-order valence-electron chi connectivity index (χ4n) is 10.6. The van der Waals surface area contributed by atoms with Crippen LogP contribution in [0.15, 0.2) is 113 Å². The van der Waals surface area contributed by atoms with Gasteiger partial charge >= 0.3 is 0 Å². The minimum Gasteiger partial charge on any atom is -0.396 e. The molecule has 1 heterocycles. The van der Waals surface area contributed by atoms with Gasteiger partial charge in [0.1, 0.15) is 6.29 Å². The molecule has 0 aromatic heterocycles. The van der Waals surface area contributed by atoms with Crippen molar-refractivity contribution in [3.8, 4) is 0 Å². The van der Waals surface area contributed by atoms with Crippen molar-refractivity contribution in [3.63, 3.8) is 0 Å². The van der Waals surface area contributed by atoms with Gasteiger partial charge < -0.3 is 31.1 Å². The molecule has 3 aliphatic rings. The lowest BCUT2D eigenvalue weighted by atomic mass is 9.51. The van der Waals surface area contributed by atoms with Gasteiger partial charge in [-0.1, -0.05) is 102 Å². The standard InChI is InChI=1S/C50H70N2O5/c1-35-19-21-43(45(22-20-39-13-7-6-8-14-39)41-16-10-15-40(31-41)30-38(4)52-32-35)36(2)12-9-17-42(34-55)46-24-26-50(48(46)56)47(18-11-29-53)44(37(3)33-54)23-25-49(50,57)27-28-51-5/h6-10,12-17,19,31,33,38,43,45-48,51-53,55-57H,2,11,18,20-30,32,34H2,1,3-5H3/t38-,43+,45+,46+,47?,48+,49-,50+/m0/s1. The van der Waals surface area contributed by atoms with E-state index in [9.17, 15) is 25.2 Å². The molecule has 8 atom stereocenters. The summed E-state index contributed by atoms with van der Waals surface area (Å²) in [6.07, 6.45) is 15.8. The van der Waals surface area contributed by atoms with Crippen molar-refractivity contribution in [2.24, 2.45) is 23.2 Å². The fraction of sp³-hybridized carbons (Fsp3) is 0.540. The van der Waals surface area contributed by atoms with Gasteiger partial charge in [-0.15, -0.1) is 0 Å². The molecule has 0 amide bonds. The maximum atomic E-state index is 12.6. The Labute approximate surface area is 342 Å². The third-order valence-electron chi connectivity index (χ3n) is 13.8. The van der Waals surface area contributed by atoms with Crippen molar-refractivity contribution >= 4 is 6.29 Å². The Morgan fingerprint density at radius 1 is 1.07 bits per heavy atom. The number of hydrogen-bond donors (Lipinski definition) is 6. The van der Waals surface area contributed by atoms with Crippen molar-refractivity contribution in [3.05, 3.63) is 130 Å². The van der Waals surface area contributed by atoms with Crippen LogP contribution in [0, 0.1) is 23.2 Å². The first-order valence-corrected chi connectivity index (χ1v) is 21.5. The lowest BCUT2D eigenvalue weighted by Crippen LogP contribution is -2.61. The van der Waals surface area contributed by atoms with Crippen LogP contribution in [-0.4, -0.2) is 77.8 Å². The zero-order valence-electron chi connectivity index (χ0n) is 35.1. The summed E-state index contributed by atoms with van der Waals surface area (Å²) in [5.74, 6) is -0.254. The molecular weight excluding hydrogens is 709 g/mol. The van der Waals surface area contributed by atoms with Crippen LogP contribution in [0.3, 0.4) is 0 Å². The van der Waals surface area contributed by atoms with Crippen LogP contribution < -0.4 is 10.6 Å². The highest BCUT2D eigenvalue weighted by molar-refractivity contribution is 5.74. The van der Waals surface area contributed by atoms with Crippen molar-refractivity contribution in [1.29, 1.82) is 0 Å². The number of carbonyl (C=O) groups excluding carboxylic acids is 1. The monoisotopic (exact) mass is 779 g/mol. The minimum absolute atomic E-state index is 0.00403. The van der Waals surface area contributed by atoms with E-state index in [1.54, 1.807) is 0 Å². The molecule has 2 aromatic rings. The van der Waals surface area contributed by atoms with Gasteiger partial charge in [0, 0.05) is 30.5 Å². The molecule has 7 nitrogen and oxygen atoms in total. The highest BCUT2D eigenvalue weighted by atomic mass is 16.3. The number of allylic oxidation sites excluding steroid dienone is 7. The third-order valence-corrected chi connectivity index (χ3v) is 13.8. The van der Waals surface area contributed by atoms with Crippen LogP contribution in [0.1, 0.15) is 101 Å². The first-order valence-electron chi connectivity index (χ1n) is 21.5. The molecule has 57 heavy (non-hydrogen) atoms. The van der Waals surface area contributed by atoms with Gasteiger partial charge in [-0.25, -0.2) is 0 Å². The fourth-order valence-corrected chi connectivity index (χ4v) is 10.6. The zero-order valence-corrected chi connectivity index (χ0v) is 35.1. The van der Waals surface area contributed by atoms with Gasteiger partial charge in [0.15, 0.2) is 0 Å². The second-order valence-electron chi connectivity index (χ2n) is 17.3. The number of fused-ring (bicyclic) bond motifs is 2. The molecule has 0 saturated heterocycles. The van der Waals surface area contributed by atoms with Gasteiger partial charge in [0.25, 0.3) is 0 Å². The first-order chi connectivity index (χ1) is 27.5. The first kappa shape index (κ1) is 44.7. The molecule has 1 aliphatic heterocycles. The number of nitrogens with one attached hydrogen (secondary N) is 2. The van der Waals surface area contributed by atoms with Crippen LogP contribution in [-0.2, 0) is 17.6 Å². The van der Waals surface area contributed by atoms with Crippen molar-refractivity contribution < 1.29 is 25.2 Å². The average Bonchev–Trinajstić information content (AvgIpc) is 3.56. The van der Waals surface area contributed by atoms with Gasteiger partial charge in [0.05, 0.1) is 18.3 Å². The van der Waals surface area contributed by atoms with Crippen molar-refractivity contribution in [2.45, 2.75) is 115 Å². The number of aliphatic hydroxyl groups is 4. The van der Waals surface area contributed by atoms with Crippen LogP contribution >= 0.6 is 0 Å². The smallest absolute Gasteiger partial charge is 0.145 e. The Kier molecular flexibility index (Phi) is 16.5. The van der Waals surface area contributed by atoms with Crippen LogP contribution in [0.5, 0.6) is 0 Å². The lowest BCUT2D eigenvalue weighted by Gasteiger charge is -2.57. The Hall–Kier alpha value is -3.43. The summed E-state index contributed by atoms with van der Waals surface area (Å²) in [5.41, 5.74) is 6.59. The summed E-state index contributed by atoms with van der Waals surface area (Å²) in [6.45, 7) is 12.2. The summed E-state index contributed by atoms with van der Waals surface area (Å²) in [4.78, 5) is 12.1. The largest absolute Gasteiger partial charge is 0.396 e. The second kappa shape index (κ2) is 21.0. The Bertz CT molecular complexity index is 1760. The lowest BCUT2D eigenvalue weighted by molar-refractivity contribution is -0.180. The average molecular weight is 779 g/mol. The van der Waals surface area contributed by atoms with E-state index in [0.29, 0.717) is 63.1 Å². The molecule has 2 aromatic carbocycles. The van der Waals surface area contributed by atoms with E-state index in [-0.39, 0.29) is 36.9 Å². The Morgan fingerprint density at radius 3 is 2.58 bits per heavy atom. The molecule has 0 radical (unpaired) electrons. The SMILES string of the molecule is C=C(C=CC=C(CO)[C@H]1CC[C@@]2(C(CCCO)C(=C(C)C=O)CC[C@]2(O)CCNC)[C@@H]1O)[C@H]1CC=C(C)CN[C@@H](C)Cc2cccc(c2)[C@H]1CCc1ccccc1. The summed E-state index contributed by atoms with van der Waals surface area (Å²) < 4.78 is 0. The molecule has 7 heteroatoms. The van der Waals surface area contributed by atoms with E-state index < -0.39 is 17.1 Å². The maximum Gasteiger partial charge on any atom is 0.145 e. The summed E-state index contributed by atoms with van der Waals surface area (Å²) in [7, 11) is 1.87. The summed E-state index contributed by atoms with van der Waals surface area (Å²) >= 11 is 0. The highest BCUT2D eigenvalue weighted by Gasteiger charge is 2.65. The number of aryl methyl sites for hydroxylation is 1. The molecule has 2 fully saturated rings. The predicted octanol–water partition coefficient (Wildman–Crippen LogP) is 7.72. The molecule has 5 rings (SSSR count). The van der Waals surface area contributed by atoms with E-state index in [0.717, 1.165) is 55.2 Å². The predicted molar refractivity (Wildman–Crippen MR) is 233 cm³/mol. The van der Waals surface area contributed by atoms with Crippen LogP contribution in [0.4, 0.5) is 0 Å². The van der Waals surface area contributed by atoms with Crippen molar-refractivity contribution in [1.82, 2.24) is 10.6 Å². The molecular formula is C50H70N2O5. The number of rotatable bonds is 15. The number of benzene rings is 2. The van der Waals surface area contributed by atoms with E-state index in [4.69, 9.17) is 0 Å². The van der Waals surface area contributed by atoms with Crippen molar-refractivity contribution in [2.75, 3.05) is 33.4 Å². The van der Waals surface area contributed by atoms with Gasteiger partial charge in [-0.3, -0.25) is 4.79 Å². The third kappa shape index (κ3) is 10.4. The highest BCUT2D eigenvalue weighted by Crippen LogP contribution is 2.64. The van der Waals surface area contributed by atoms with Gasteiger partial charge in [-0.05, 0) is 151 Å². The van der Waals surface area contributed by atoms with E-state index >= 15 is 0 Å². The van der Waals surface area contributed by atoms with Gasteiger partial charge in [0.2, 0.25) is 0 Å². The molecule has 6 N–H and O–H groups in total. The number of hydrogen-bond acceptors (Lipinski definition) is 7. The normalized spacial score (nSPS) is 30.8. The summed E-state index contributed by atoms with van der Waals surface area (Å²) in [6, 6.07) is 20.2. The quantitative estimate of drug-likeness (QED) is 0.0474. The van der Waals surface area contributed by atoms with E-state index in [1.165, 1.54) is 22.3 Å². The molecule has 2 bridgehead atoms. The molecule has 1 unspecified atom stereocenters. The van der Waals surface area contributed by atoms with E-state index in [2.05, 4.69) is 97.8 Å². The molecule has 1 spiro atoms. The Balaban J connectivity index is 1.48. The molecule has 2 saturated carbocycles. The topological polar surface area (TPSA) is 122 Å². The van der Waals surface area contributed by atoms with E-state index in [1.807, 2.05) is 26.1 Å². The van der Waals surface area contributed by atoms with Crippen LogP contribution in [0.2, 0.25) is 0 Å². The molecule has 310 valence electrons. The second-order valence-corrected chi connectivity index (χ2v) is 17.3. The van der Waals surface area contributed by atoms with Crippen LogP contribution in [0.25, 0.3) is 0 Å². The molecule has 2 aliphatic carbocycles. The minimum atomic E-state index is -1.18. The summed E-state index contributed by atoms with van der Waals surface area (Å²) in [5, 5.41) is 52.8. The van der Waals surface area contributed by atoms with Gasteiger partial charge in [-0.2, -0.15) is 0 Å². The number of aldehydes is 1. The maximum absolute atomic E-state index is 12.6. The number of aliphatic hydroxyl groups excluding tert-OH is 3. The Morgan fingerprint density at radius 2 is 1.86 bits per heavy atom.